The van der Waals surface area contributed by atoms with E-state index in [9.17, 15) is 9.59 Å². The van der Waals surface area contributed by atoms with Gasteiger partial charge in [-0.25, -0.2) is 4.98 Å². The normalized spacial score (nSPS) is 10.8. The van der Waals surface area contributed by atoms with E-state index in [0.717, 1.165) is 20.8 Å². The second kappa shape index (κ2) is 7.66. The number of hydrogen-bond acceptors (Lipinski definition) is 5. The molecule has 2 N–H and O–H groups in total. The molecule has 0 saturated carbocycles. The molecule has 0 aliphatic carbocycles. The van der Waals surface area contributed by atoms with Crippen LogP contribution >= 0.6 is 11.3 Å². The number of rotatable bonds is 5. The van der Waals surface area contributed by atoms with E-state index >= 15 is 0 Å². The molecule has 2 aromatic heterocycles. The molecule has 0 unspecified atom stereocenters. The van der Waals surface area contributed by atoms with Crippen LogP contribution in [-0.4, -0.2) is 16.8 Å². The van der Waals surface area contributed by atoms with Gasteiger partial charge < -0.3 is 15.1 Å². The van der Waals surface area contributed by atoms with Crippen LogP contribution < -0.4 is 10.6 Å². The lowest BCUT2D eigenvalue weighted by Gasteiger charge is -2.10. The molecule has 6 nitrogen and oxygen atoms in total. The number of anilines is 1. The first kappa shape index (κ1) is 17.9. The van der Waals surface area contributed by atoms with Gasteiger partial charge in [0.2, 0.25) is 0 Å². The van der Waals surface area contributed by atoms with Gasteiger partial charge in [0.15, 0.2) is 5.76 Å². The van der Waals surface area contributed by atoms with Crippen molar-refractivity contribution in [3.63, 3.8) is 0 Å². The number of amides is 2. The number of hydrogen-bond donors (Lipinski definition) is 2. The van der Waals surface area contributed by atoms with Crippen molar-refractivity contribution in [2.45, 2.75) is 13.5 Å². The minimum absolute atomic E-state index is 0.213. The average Bonchev–Trinajstić information content (AvgIpc) is 3.37. The first-order valence-corrected chi connectivity index (χ1v) is 9.50. The number of nitrogens with one attached hydrogen (secondary N) is 2. The highest BCUT2D eigenvalue weighted by molar-refractivity contribution is 7.18. The van der Waals surface area contributed by atoms with Crippen molar-refractivity contribution in [3.05, 3.63) is 82.8 Å². The lowest BCUT2D eigenvalue weighted by atomic mass is 10.1. The molecule has 2 aromatic carbocycles. The van der Waals surface area contributed by atoms with Gasteiger partial charge in [0.25, 0.3) is 11.8 Å². The van der Waals surface area contributed by atoms with Crippen molar-refractivity contribution in [3.8, 4) is 0 Å². The Labute approximate surface area is 165 Å². The second-order valence-corrected chi connectivity index (χ2v) is 7.33. The molecule has 2 amide bonds. The fraction of sp³-hybridized carbons (Fsp3) is 0.0952. The Balaban J connectivity index is 1.45. The number of aryl methyl sites for hydroxylation is 1. The zero-order valence-corrected chi connectivity index (χ0v) is 15.9. The van der Waals surface area contributed by atoms with Crippen LogP contribution in [0.3, 0.4) is 0 Å². The first-order valence-electron chi connectivity index (χ1n) is 8.68. The Hall–Kier alpha value is -3.45. The maximum Gasteiger partial charge on any atom is 0.291 e. The number of nitrogens with zero attached hydrogens (tertiary/aromatic N) is 1. The first-order chi connectivity index (χ1) is 13.6. The second-order valence-electron chi connectivity index (χ2n) is 6.22. The molecule has 0 bridgehead atoms. The van der Waals surface area contributed by atoms with Crippen LogP contribution in [0.2, 0.25) is 0 Å². The van der Waals surface area contributed by atoms with Crippen LogP contribution in [0.1, 0.15) is 31.5 Å². The van der Waals surface area contributed by atoms with Crippen molar-refractivity contribution >= 4 is 39.1 Å². The molecule has 0 saturated heterocycles. The summed E-state index contributed by atoms with van der Waals surface area (Å²) in [5, 5.41) is 6.50. The van der Waals surface area contributed by atoms with Gasteiger partial charge in [-0.2, -0.15) is 0 Å². The Morgan fingerprint density at radius 2 is 1.93 bits per heavy atom. The number of furan rings is 1. The van der Waals surface area contributed by atoms with Gasteiger partial charge in [0.05, 0.1) is 23.0 Å². The Morgan fingerprint density at radius 1 is 1.07 bits per heavy atom. The summed E-state index contributed by atoms with van der Waals surface area (Å²) in [5.74, 6) is -0.377. The number of aromatic nitrogens is 1. The number of thiazole rings is 1. The zero-order chi connectivity index (χ0) is 19.5. The third-order valence-corrected chi connectivity index (χ3v) is 5.27. The standard InChI is InChI=1S/C21H17N3O3S/c1-13-8-9-14(11-16(13)24-21(26)17-6-4-10-27-17)20(25)22-12-19-23-15-5-2-3-7-18(15)28-19/h2-11H,12H2,1H3,(H,22,25)(H,24,26). The number of benzene rings is 2. The van der Waals surface area contributed by atoms with Gasteiger partial charge >= 0.3 is 0 Å². The molecule has 140 valence electrons. The molecule has 4 aromatic rings. The van der Waals surface area contributed by atoms with Crippen molar-refractivity contribution in [1.82, 2.24) is 10.3 Å². The number of fused-ring (bicyclic) bond motifs is 1. The Morgan fingerprint density at radius 3 is 2.71 bits per heavy atom. The van der Waals surface area contributed by atoms with E-state index in [-0.39, 0.29) is 17.6 Å². The molecule has 0 spiro atoms. The van der Waals surface area contributed by atoms with Gasteiger partial charge in [-0.05, 0) is 48.9 Å². The maximum absolute atomic E-state index is 12.5. The predicted molar refractivity (Wildman–Crippen MR) is 109 cm³/mol. The fourth-order valence-electron chi connectivity index (χ4n) is 2.74. The molecular formula is C21H17N3O3S. The summed E-state index contributed by atoms with van der Waals surface area (Å²) in [6.07, 6.45) is 1.44. The number of carbonyl (C=O) groups is 2. The van der Waals surface area contributed by atoms with E-state index in [1.807, 2.05) is 31.2 Å². The molecule has 28 heavy (non-hydrogen) atoms. The smallest absolute Gasteiger partial charge is 0.291 e. The van der Waals surface area contributed by atoms with E-state index in [4.69, 9.17) is 4.42 Å². The molecule has 0 fully saturated rings. The summed E-state index contributed by atoms with van der Waals surface area (Å²) in [6, 6.07) is 16.3. The molecule has 4 rings (SSSR count). The van der Waals surface area contributed by atoms with Crippen molar-refractivity contribution in [2.24, 2.45) is 0 Å². The van der Waals surface area contributed by atoms with Crippen LogP contribution in [-0.2, 0) is 6.54 Å². The van der Waals surface area contributed by atoms with Crippen LogP contribution in [0.4, 0.5) is 5.69 Å². The van der Waals surface area contributed by atoms with Crippen LogP contribution in [0.5, 0.6) is 0 Å². The van der Waals surface area contributed by atoms with Crippen LogP contribution in [0.15, 0.2) is 65.3 Å². The molecule has 0 atom stereocenters. The fourth-order valence-corrected chi connectivity index (χ4v) is 3.65. The summed E-state index contributed by atoms with van der Waals surface area (Å²) >= 11 is 1.55. The van der Waals surface area contributed by atoms with Crippen molar-refractivity contribution < 1.29 is 14.0 Å². The van der Waals surface area contributed by atoms with Crippen molar-refractivity contribution in [2.75, 3.05) is 5.32 Å². The Kier molecular flexibility index (Phi) is 4.90. The largest absolute Gasteiger partial charge is 0.459 e. The Bertz CT molecular complexity index is 1120. The SMILES string of the molecule is Cc1ccc(C(=O)NCc2nc3ccccc3s2)cc1NC(=O)c1ccco1. The highest BCUT2D eigenvalue weighted by Gasteiger charge is 2.13. The zero-order valence-electron chi connectivity index (χ0n) is 15.1. The summed E-state index contributed by atoms with van der Waals surface area (Å²) in [7, 11) is 0. The summed E-state index contributed by atoms with van der Waals surface area (Å²) in [5.41, 5.74) is 2.80. The van der Waals surface area contributed by atoms with Gasteiger partial charge in [-0.3, -0.25) is 9.59 Å². The molecular weight excluding hydrogens is 374 g/mol. The minimum Gasteiger partial charge on any atom is -0.459 e. The molecule has 0 radical (unpaired) electrons. The summed E-state index contributed by atoms with van der Waals surface area (Å²) in [4.78, 5) is 29.3. The highest BCUT2D eigenvalue weighted by Crippen LogP contribution is 2.22. The van der Waals surface area contributed by atoms with Gasteiger partial charge in [-0.1, -0.05) is 18.2 Å². The monoisotopic (exact) mass is 391 g/mol. The third kappa shape index (κ3) is 3.79. The van der Waals surface area contributed by atoms with Crippen molar-refractivity contribution in [1.29, 1.82) is 0 Å². The lowest BCUT2D eigenvalue weighted by molar-refractivity contribution is 0.0949. The lowest BCUT2D eigenvalue weighted by Crippen LogP contribution is -2.23. The van der Waals surface area contributed by atoms with Crippen LogP contribution in [0.25, 0.3) is 10.2 Å². The predicted octanol–water partition coefficient (Wildman–Crippen LogP) is 4.38. The summed E-state index contributed by atoms with van der Waals surface area (Å²) in [6.45, 7) is 2.21. The molecule has 0 aliphatic rings. The topological polar surface area (TPSA) is 84.2 Å². The van der Waals surface area contributed by atoms with E-state index in [0.29, 0.717) is 17.8 Å². The summed E-state index contributed by atoms with van der Waals surface area (Å²) < 4.78 is 6.19. The van der Waals surface area contributed by atoms with E-state index < -0.39 is 0 Å². The van der Waals surface area contributed by atoms with E-state index in [2.05, 4.69) is 15.6 Å². The maximum atomic E-state index is 12.5. The van der Waals surface area contributed by atoms with E-state index in [1.165, 1.54) is 6.26 Å². The van der Waals surface area contributed by atoms with E-state index in [1.54, 1.807) is 41.7 Å². The molecule has 2 heterocycles. The average molecular weight is 391 g/mol. The number of carbonyl (C=O) groups excluding carboxylic acids is 2. The highest BCUT2D eigenvalue weighted by atomic mass is 32.1. The van der Waals surface area contributed by atoms with Gasteiger partial charge in [-0.15, -0.1) is 11.3 Å². The van der Waals surface area contributed by atoms with Gasteiger partial charge in [0, 0.05) is 11.3 Å². The van der Waals surface area contributed by atoms with Gasteiger partial charge in [0.1, 0.15) is 5.01 Å². The number of para-hydroxylation sites is 1. The van der Waals surface area contributed by atoms with Crippen LogP contribution in [0, 0.1) is 6.92 Å². The minimum atomic E-state index is -0.361. The molecule has 7 heteroatoms. The quantitative estimate of drug-likeness (QED) is 0.529. The molecule has 0 aliphatic heterocycles. The third-order valence-electron chi connectivity index (χ3n) is 4.23.